The summed E-state index contributed by atoms with van der Waals surface area (Å²) in [5.41, 5.74) is 2.42. The Bertz CT molecular complexity index is 1020. The van der Waals surface area contributed by atoms with Crippen molar-refractivity contribution >= 4 is 27.5 Å². The molecule has 1 atom stereocenters. The molecule has 2 aromatic carbocycles. The number of anilines is 1. The van der Waals surface area contributed by atoms with Gasteiger partial charge in [-0.25, -0.2) is 8.42 Å². The fourth-order valence-electron chi connectivity index (χ4n) is 3.01. The molecule has 7 nitrogen and oxygen atoms in total. The van der Waals surface area contributed by atoms with Crippen molar-refractivity contribution < 1.29 is 18.0 Å². The summed E-state index contributed by atoms with van der Waals surface area (Å²) in [7, 11) is -3.88. The van der Waals surface area contributed by atoms with E-state index >= 15 is 0 Å². The van der Waals surface area contributed by atoms with Gasteiger partial charge in [-0.05, 0) is 69.0 Å². The van der Waals surface area contributed by atoms with Crippen LogP contribution in [0.5, 0.6) is 0 Å². The summed E-state index contributed by atoms with van der Waals surface area (Å²) in [5, 5.41) is 5.24. The van der Waals surface area contributed by atoms with Crippen molar-refractivity contribution in [3.05, 3.63) is 59.2 Å². The van der Waals surface area contributed by atoms with Gasteiger partial charge in [0, 0.05) is 17.8 Å². The largest absolute Gasteiger partial charge is 0.355 e. The van der Waals surface area contributed by atoms with Crippen molar-refractivity contribution in [1.82, 2.24) is 10.6 Å². The Kier molecular flexibility index (Phi) is 8.62. The minimum absolute atomic E-state index is 0.0241. The van der Waals surface area contributed by atoms with Crippen LogP contribution in [0.3, 0.4) is 0 Å². The van der Waals surface area contributed by atoms with Crippen molar-refractivity contribution in [2.24, 2.45) is 0 Å². The second-order valence-electron chi connectivity index (χ2n) is 7.47. The van der Waals surface area contributed by atoms with Gasteiger partial charge in [0.2, 0.25) is 5.91 Å². The lowest BCUT2D eigenvalue weighted by molar-refractivity contribution is -0.122. The lowest BCUT2D eigenvalue weighted by Crippen LogP contribution is -2.44. The van der Waals surface area contributed by atoms with E-state index in [1.54, 1.807) is 39.0 Å². The second kappa shape index (κ2) is 10.9. The Hall–Kier alpha value is -2.87. The van der Waals surface area contributed by atoms with Gasteiger partial charge in [-0.3, -0.25) is 14.3 Å². The molecular weight excluding hydrogens is 414 g/mol. The number of hydrogen-bond donors (Lipinski definition) is 3. The molecule has 0 heterocycles. The number of sulfonamides is 1. The molecule has 0 spiro atoms. The molecule has 0 saturated heterocycles. The summed E-state index contributed by atoms with van der Waals surface area (Å²) in [6, 6.07) is 10.9. The van der Waals surface area contributed by atoms with Gasteiger partial charge in [0.05, 0.1) is 4.90 Å². The first-order valence-corrected chi connectivity index (χ1v) is 12.0. The van der Waals surface area contributed by atoms with Crippen molar-refractivity contribution in [2.75, 3.05) is 11.3 Å². The number of unbranched alkanes of at least 4 members (excludes halogenated alkanes) is 1. The monoisotopic (exact) mass is 445 g/mol. The van der Waals surface area contributed by atoms with Crippen LogP contribution in [-0.2, 0) is 21.2 Å². The van der Waals surface area contributed by atoms with Crippen LogP contribution >= 0.6 is 0 Å². The number of carbonyl (C=O) groups excluding carboxylic acids is 2. The van der Waals surface area contributed by atoms with E-state index in [2.05, 4.69) is 22.3 Å². The van der Waals surface area contributed by atoms with Gasteiger partial charge < -0.3 is 10.6 Å². The molecule has 31 heavy (non-hydrogen) atoms. The maximum absolute atomic E-state index is 12.9. The topological polar surface area (TPSA) is 104 Å². The molecule has 8 heteroatoms. The molecule has 0 bridgehead atoms. The van der Waals surface area contributed by atoms with E-state index in [0.29, 0.717) is 17.8 Å². The zero-order valence-electron chi connectivity index (χ0n) is 18.5. The normalized spacial score (nSPS) is 12.1. The number of aryl methyl sites for hydroxylation is 2. The second-order valence-corrected chi connectivity index (χ2v) is 9.15. The summed E-state index contributed by atoms with van der Waals surface area (Å²) in [6.45, 7) is 7.65. The van der Waals surface area contributed by atoms with Crippen LogP contribution in [0.15, 0.2) is 47.4 Å². The van der Waals surface area contributed by atoms with Gasteiger partial charge in [-0.2, -0.15) is 0 Å². The molecule has 0 aliphatic carbocycles. The van der Waals surface area contributed by atoms with Gasteiger partial charge in [0.1, 0.15) is 6.04 Å². The van der Waals surface area contributed by atoms with Crippen LogP contribution < -0.4 is 15.4 Å². The Morgan fingerprint density at radius 1 is 1.03 bits per heavy atom. The number of benzene rings is 2. The van der Waals surface area contributed by atoms with Crippen molar-refractivity contribution in [3.8, 4) is 0 Å². The number of likely N-dealkylation sites (N-methyl/N-ethyl adjacent to an activating group) is 1. The van der Waals surface area contributed by atoms with E-state index in [0.717, 1.165) is 24.8 Å². The van der Waals surface area contributed by atoms with Gasteiger partial charge in [-0.1, -0.05) is 31.5 Å². The van der Waals surface area contributed by atoms with Crippen LogP contribution in [0.4, 0.5) is 5.69 Å². The minimum Gasteiger partial charge on any atom is -0.355 e. The number of carbonyl (C=O) groups is 2. The molecule has 2 rings (SSSR count). The van der Waals surface area contributed by atoms with Gasteiger partial charge in [-0.15, -0.1) is 0 Å². The van der Waals surface area contributed by atoms with E-state index in [1.807, 2.05) is 12.1 Å². The van der Waals surface area contributed by atoms with Crippen LogP contribution in [0.25, 0.3) is 0 Å². The molecular formula is C23H31N3O4S. The molecule has 2 aromatic rings. The van der Waals surface area contributed by atoms with E-state index in [1.165, 1.54) is 12.1 Å². The maximum atomic E-state index is 12.9. The first-order valence-electron chi connectivity index (χ1n) is 10.5. The molecule has 168 valence electrons. The standard InChI is InChI=1S/C23H31N3O4S/c1-5-7-8-18-10-12-19(13-11-18)26-31(29,30)20-14-9-16(3)21(15-20)23(28)25-17(4)22(27)24-6-2/h9-15,17,26H,5-8H2,1-4H3,(H,24,27)(H,25,28). The van der Waals surface area contributed by atoms with Gasteiger partial charge in [0.25, 0.3) is 15.9 Å². The summed E-state index contributed by atoms with van der Waals surface area (Å²) in [4.78, 5) is 24.5. The summed E-state index contributed by atoms with van der Waals surface area (Å²) in [5.74, 6) is -0.810. The highest BCUT2D eigenvalue weighted by Crippen LogP contribution is 2.20. The first kappa shape index (κ1) is 24.4. The van der Waals surface area contributed by atoms with E-state index < -0.39 is 22.0 Å². The van der Waals surface area contributed by atoms with Crippen molar-refractivity contribution in [2.45, 2.75) is 57.9 Å². The Morgan fingerprint density at radius 3 is 2.32 bits per heavy atom. The minimum atomic E-state index is -3.88. The summed E-state index contributed by atoms with van der Waals surface area (Å²) in [6.07, 6.45) is 3.13. The quantitative estimate of drug-likeness (QED) is 0.521. The average Bonchev–Trinajstić information content (AvgIpc) is 2.73. The third-order valence-electron chi connectivity index (χ3n) is 4.88. The van der Waals surface area contributed by atoms with Gasteiger partial charge >= 0.3 is 0 Å². The lowest BCUT2D eigenvalue weighted by Gasteiger charge is -2.15. The summed E-state index contributed by atoms with van der Waals surface area (Å²) < 4.78 is 28.3. The zero-order chi connectivity index (χ0) is 23.0. The molecule has 2 amide bonds. The Labute approximate surface area is 184 Å². The highest BCUT2D eigenvalue weighted by atomic mass is 32.2. The molecule has 3 N–H and O–H groups in total. The SMILES string of the molecule is CCCCc1ccc(NS(=O)(=O)c2ccc(C)c(C(=O)NC(C)C(=O)NCC)c2)cc1. The lowest BCUT2D eigenvalue weighted by atomic mass is 10.1. The molecule has 0 saturated carbocycles. The van der Waals surface area contributed by atoms with E-state index in [4.69, 9.17) is 0 Å². The predicted octanol–water partition coefficient (Wildman–Crippen LogP) is 3.39. The van der Waals surface area contributed by atoms with Crippen LogP contribution in [0.2, 0.25) is 0 Å². The van der Waals surface area contributed by atoms with Crippen LogP contribution in [0.1, 0.15) is 55.1 Å². The predicted molar refractivity (Wildman–Crippen MR) is 123 cm³/mol. The maximum Gasteiger partial charge on any atom is 0.261 e. The fourth-order valence-corrected chi connectivity index (χ4v) is 4.10. The molecule has 0 aromatic heterocycles. The molecule has 0 aliphatic heterocycles. The third kappa shape index (κ3) is 6.82. The molecule has 1 unspecified atom stereocenters. The zero-order valence-corrected chi connectivity index (χ0v) is 19.3. The highest BCUT2D eigenvalue weighted by molar-refractivity contribution is 7.92. The number of nitrogens with one attached hydrogen (secondary N) is 3. The van der Waals surface area contributed by atoms with Crippen molar-refractivity contribution in [3.63, 3.8) is 0 Å². The third-order valence-corrected chi connectivity index (χ3v) is 6.26. The van der Waals surface area contributed by atoms with Crippen LogP contribution in [-0.4, -0.2) is 32.8 Å². The highest BCUT2D eigenvalue weighted by Gasteiger charge is 2.21. The number of hydrogen-bond acceptors (Lipinski definition) is 4. The smallest absolute Gasteiger partial charge is 0.261 e. The number of amides is 2. The van der Waals surface area contributed by atoms with Crippen LogP contribution in [0, 0.1) is 6.92 Å². The average molecular weight is 446 g/mol. The summed E-state index contributed by atoms with van der Waals surface area (Å²) >= 11 is 0. The van der Waals surface area contributed by atoms with Gasteiger partial charge in [0.15, 0.2) is 0 Å². The molecule has 0 aliphatic rings. The van der Waals surface area contributed by atoms with E-state index in [9.17, 15) is 18.0 Å². The van der Waals surface area contributed by atoms with Crippen molar-refractivity contribution in [1.29, 1.82) is 0 Å². The molecule has 0 radical (unpaired) electrons. The molecule has 0 fully saturated rings. The number of rotatable bonds is 10. The Morgan fingerprint density at radius 2 is 1.71 bits per heavy atom. The fraction of sp³-hybridized carbons (Fsp3) is 0.391. The Balaban J connectivity index is 2.18. The van der Waals surface area contributed by atoms with E-state index in [-0.39, 0.29) is 16.4 Å². The first-order chi connectivity index (χ1) is 14.7.